The number of anilines is 1. The number of rotatable bonds is 2. The molecule has 4 rings (SSSR count). The maximum atomic E-state index is 5.85. The summed E-state index contributed by atoms with van der Waals surface area (Å²) in [5.74, 6) is 0.516. The molecule has 2 N–H and O–H groups in total. The predicted molar refractivity (Wildman–Crippen MR) is 78.2 cm³/mol. The molecular formula is C14H11N7. The van der Waals surface area contributed by atoms with E-state index in [1.54, 1.807) is 15.6 Å². The van der Waals surface area contributed by atoms with E-state index in [0.29, 0.717) is 11.6 Å². The van der Waals surface area contributed by atoms with Crippen LogP contribution in [-0.4, -0.2) is 30.0 Å². The van der Waals surface area contributed by atoms with Crippen LogP contribution in [0.1, 0.15) is 0 Å². The summed E-state index contributed by atoms with van der Waals surface area (Å²) in [5, 5.41) is 17.2. The van der Waals surface area contributed by atoms with Crippen LogP contribution < -0.4 is 5.73 Å². The second-order valence-corrected chi connectivity index (χ2v) is 4.60. The Balaban J connectivity index is 1.95. The zero-order valence-electron chi connectivity index (χ0n) is 11.0. The molecule has 7 heteroatoms. The lowest BCUT2D eigenvalue weighted by atomic mass is 10.2. The first kappa shape index (κ1) is 11.6. The van der Waals surface area contributed by atoms with Gasteiger partial charge in [-0.05, 0) is 40.8 Å². The topological polar surface area (TPSA) is 87.4 Å². The first-order valence-corrected chi connectivity index (χ1v) is 6.40. The molecule has 0 bridgehead atoms. The summed E-state index contributed by atoms with van der Waals surface area (Å²) in [5.41, 5.74) is 8.25. The summed E-state index contributed by atoms with van der Waals surface area (Å²) in [6, 6.07) is 15.3. The van der Waals surface area contributed by atoms with Crippen molar-refractivity contribution in [2.45, 2.75) is 0 Å². The van der Waals surface area contributed by atoms with Crippen molar-refractivity contribution in [3.8, 4) is 11.6 Å². The third-order valence-electron chi connectivity index (χ3n) is 3.24. The predicted octanol–water partition coefficient (Wildman–Crippen LogP) is 1.58. The van der Waals surface area contributed by atoms with Gasteiger partial charge in [-0.25, -0.2) is 0 Å². The van der Waals surface area contributed by atoms with Gasteiger partial charge in [-0.2, -0.15) is 14.5 Å². The Bertz CT molecular complexity index is 907. The van der Waals surface area contributed by atoms with E-state index >= 15 is 0 Å². The van der Waals surface area contributed by atoms with E-state index in [1.165, 1.54) is 0 Å². The first-order valence-electron chi connectivity index (χ1n) is 6.40. The highest BCUT2D eigenvalue weighted by molar-refractivity contribution is 5.82. The molecule has 0 atom stereocenters. The quantitative estimate of drug-likeness (QED) is 0.562. The zero-order valence-corrected chi connectivity index (χ0v) is 11.0. The van der Waals surface area contributed by atoms with Gasteiger partial charge in [0.1, 0.15) is 0 Å². The molecule has 0 radical (unpaired) electrons. The van der Waals surface area contributed by atoms with E-state index in [0.717, 1.165) is 16.6 Å². The van der Waals surface area contributed by atoms with Crippen molar-refractivity contribution in [2.75, 3.05) is 5.73 Å². The van der Waals surface area contributed by atoms with Crippen molar-refractivity contribution in [1.82, 2.24) is 30.0 Å². The van der Waals surface area contributed by atoms with Crippen LogP contribution in [0.15, 0.2) is 54.7 Å². The van der Waals surface area contributed by atoms with E-state index in [9.17, 15) is 0 Å². The molecule has 0 aliphatic heterocycles. The molecule has 21 heavy (non-hydrogen) atoms. The summed E-state index contributed by atoms with van der Waals surface area (Å²) in [6.07, 6.45) is 1.76. The molecule has 7 nitrogen and oxygen atoms in total. The number of fused-ring (bicyclic) bond motifs is 1. The number of nitrogens with zero attached hydrogens (tertiary/aromatic N) is 6. The third-order valence-corrected chi connectivity index (χ3v) is 3.24. The summed E-state index contributed by atoms with van der Waals surface area (Å²) in [6.45, 7) is 0. The van der Waals surface area contributed by atoms with Crippen LogP contribution in [0, 0.1) is 0 Å². The Morgan fingerprint density at radius 1 is 0.952 bits per heavy atom. The fourth-order valence-corrected chi connectivity index (χ4v) is 2.25. The minimum Gasteiger partial charge on any atom is -0.399 e. The lowest BCUT2D eigenvalue weighted by Gasteiger charge is -2.05. The Kier molecular flexibility index (Phi) is 2.43. The van der Waals surface area contributed by atoms with Gasteiger partial charge in [-0.1, -0.05) is 23.3 Å². The summed E-state index contributed by atoms with van der Waals surface area (Å²) in [4.78, 5) is 0. The van der Waals surface area contributed by atoms with E-state index in [1.807, 2.05) is 48.5 Å². The largest absolute Gasteiger partial charge is 0.399 e. The molecule has 0 fully saturated rings. The molecule has 0 saturated heterocycles. The lowest BCUT2D eigenvalue weighted by molar-refractivity contribution is 0.751. The van der Waals surface area contributed by atoms with Crippen LogP contribution >= 0.6 is 0 Å². The highest BCUT2D eigenvalue weighted by atomic mass is 15.6. The van der Waals surface area contributed by atoms with Crippen LogP contribution in [0.4, 0.5) is 5.69 Å². The fraction of sp³-hybridized carbons (Fsp3) is 0. The lowest BCUT2D eigenvalue weighted by Crippen LogP contribution is -2.07. The van der Waals surface area contributed by atoms with Gasteiger partial charge in [-0.15, -0.1) is 0 Å². The molecule has 2 heterocycles. The van der Waals surface area contributed by atoms with Crippen molar-refractivity contribution in [1.29, 1.82) is 0 Å². The molecule has 2 aromatic carbocycles. The molecule has 0 amide bonds. The molecule has 0 aliphatic carbocycles. The monoisotopic (exact) mass is 277 g/mol. The molecule has 0 spiro atoms. The van der Waals surface area contributed by atoms with Gasteiger partial charge in [0.15, 0.2) is 0 Å². The van der Waals surface area contributed by atoms with Gasteiger partial charge in [0.05, 0.1) is 17.4 Å². The number of nitrogens with two attached hydrogens (primary N) is 1. The summed E-state index contributed by atoms with van der Waals surface area (Å²) < 4.78 is 3.31. The number of benzene rings is 2. The van der Waals surface area contributed by atoms with Gasteiger partial charge in [0.25, 0.3) is 5.95 Å². The Morgan fingerprint density at radius 2 is 1.81 bits per heavy atom. The minimum atomic E-state index is 0.516. The molecule has 4 aromatic rings. The highest BCUT2D eigenvalue weighted by Gasteiger charge is 2.13. The van der Waals surface area contributed by atoms with Crippen molar-refractivity contribution < 1.29 is 0 Å². The second-order valence-electron chi connectivity index (χ2n) is 4.60. The van der Waals surface area contributed by atoms with E-state index in [2.05, 4.69) is 20.6 Å². The average Bonchev–Trinajstić information content (AvgIpc) is 3.13. The van der Waals surface area contributed by atoms with Crippen LogP contribution in [-0.2, 0) is 0 Å². The Labute approximate surface area is 119 Å². The molecule has 0 unspecified atom stereocenters. The number of hydrogen-bond donors (Lipinski definition) is 1. The molecule has 2 aromatic heterocycles. The molecule has 0 aliphatic rings. The number of hydrogen-bond acceptors (Lipinski definition) is 5. The fourth-order valence-electron chi connectivity index (χ4n) is 2.25. The van der Waals surface area contributed by atoms with Gasteiger partial charge in [0.2, 0.25) is 0 Å². The van der Waals surface area contributed by atoms with Crippen molar-refractivity contribution in [3.63, 3.8) is 0 Å². The van der Waals surface area contributed by atoms with Gasteiger partial charge >= 0.3 is 0 Å². The van der Waals surface area contributed by atoms with Crippen LogP contribution in [0.2, 0.25) is 0 Å². The normalized spacial score (nSPS) is 11.0. The number of nitrogen functional groups attached to an aromatic ring is 1. The molecule has 102 valence electrons. The van der Waals surface area contributed by atoms with Gasteiger partial charge in [-0.3, -0.25) is 0 Å². The van der Waals surface area contributed by atoms with E-state index < -0.39 is 0 Å². The molecule has 0 saturated carbocycles. The van der Waals surface area contributed by atoms with Gasteiger partial charge < -0.3 is 5.73 Å². The van der Waals surface area contributed by atoms with Gasteiger partial charge in [0, 0.05) is 11.1 Å². The van der Waals surface area contributed by atoms with Crippen LogP contribution in [0.25, 0.3) is 22.5 Å². The zero-order chi connectivity index (χ0) is 14.2. The number of tetrazole rings is 1. The summed E-state index contributed by atoms with van der Waals surface area (Å²) >= 11 is 0. The summed E-state index contributed by atoms with van der Waals surface area (Å²) in [7, 11) is 0. The SMILES string of the molecule is Nc1ccc2cnn(-c3nnnn3-c3ccccc3)c2c1. The standard InChI is InChI=1S/C14H11N7/c15-11-7-6-10-9-16-21(13(10)8-11)14-17-18-19-20(14)12-4-2-1-3-5-12/h1-9H,15H2. The van der Waals surface area contributed by atoms with Crippen LogP contribution in [0.3, 0.4) is 0 Å². The first-order chi connectivity index (χ1) is 10.3. The third kappa shape index (κ3) is 1.83. The van der Waals surface area contributed by atoms with E-state index in [4.69, 9.17) is 5.73 Å². The smallest absolute Gasteiger partial charge is 0.275 e. The Hall–Kier alpha value is -3.22. The Morgan fingerprint density at radius 3 is 2.67 bits per heavy atom. The average molecular weight is 277 g/mol. The number of aromatic nitrogens is 6. The van der Waals surface area contributed by atoms with Crippen molar-refractivity contribution in [2.24, 2.45) is 0 Å². The van der Waals surface area contributed by atoms with Crippen molar-refractivity contribution >= 4 is 16.6 Å². The maximum absolute atomic E-state index is 5.85. The highest BCUT2D eigenvalue weighted by Crippen LogP contribution is 2.20. The van der Waals surface area contributed by atoms with Crippen LogP contribution in [0.5, 0.6) is 0 Å². The van der Waals surface area contributed by atoms with Crippen molar-refractivity contribution in [3.05, 3.63) is 54.7 Å². The second kappa shape index (κ2) is 4.41. The van der Waals surface area contributed by atoms with E-state index in [-0.39, 0.29) is 0 Å². The number of para-hydroxylation sites is 1. The molecular weight excluding hydrogens is 266 g/mol. The maximum Gasteiger partial charge on any atom is 0.275 e. The minimum absolute atomic E-state index is 0.516.